The molecule has 0 bridgehead atoms. The van der Waals surface area contributed by atoms with Crippen LogP contribution in [0.5, 0.6) is 0 Å². The van der Waals surface area contributed by atoms with Gasteiger partial charge >= 0.3 is 0 Å². The van der Waals surface area contributed by atoms with Gasteiger partial charge in [0, 0.05) is 23.7 Å². The highest BCUT2D eigenvalue weighted by atomic mass is 127. The van der Waals surface area contributed by atoms with Gasteiger partial charge in [-0.1, -0.05) is 6.07 Å². The van der Waals surface area contributed by atoms with Gasteiger partial charge in [-0.15, -0.1) is 35.3 Å². The molecule has 2 atom stereocenters. The maximum atomic E-state index is 11.3. The third-order valence-electron chi connectivity index (χ3n) is 3.57. The molecule has 1 aromatic rings. The van der Waals surface area contributed by atoms with Gasteiger partial charge in [0.2, 0.25) is 0 Å². The Morgan fingerprint density at radius 3 is 2.56 bits per heavy atom. The molecule has 0 saturated heterocycles. The minimum Gasteiger partial charge on any atom is -0.357 e. The van der Waals surface area contributed by atoms with Crippen molar-refractivity contribution in [2.24, 2.45) is 4.99 Å². The molecule has 0 spiro atoms. The first-order valence-electron chi connectivity index (χ1n) is 8.15. The van der Waals surface area contributed by atoms with Crippen molar-refractivity contribution in [3.8, 4) is 0 Å². The summed E-state index contributed by atoms with van der Waals surface area (Å²) >= 11 is 1.73. The van der Waals surface area contributed by atoms with Crippen LogP contribution in [0, 0.1) is 0 Å². The lowest BCUT2D eigenvalue weighted by atomic mass is 10.2. The Morgan fingerprint density at radius 2 is 2.08 bits per heavy atom. The van der Waals surface area contributed by atoms with Crippen molar-refractivity contribution in [3.05, 3.63) is 22.4 Å². The highest BCUT2D eigenvalue weighted by molar-refractivity contribution is 14.0. The van der Waals surface area contributed by atoms with E-state index in [1.54, 1.807) is 11.3 Å². The second-order valence-electron chi connectivity index (χ2n) is 6.18. The highest BCUT2D eigenvalue weighted by Gasteiger charge is 2.15. The van der Waals surface area contributed by atoms with Crippen LogP contribution in [0.15, 0.2) is 22.5 Å². The zero-order valence-electron chi connectivity index (χ0n) is 15.7. The summed E-state index contributed by atoms with van der Waals surface area (Å²) in [5.74, 6) is 0.901. The summed E-state index contributed by atoms with van der Waals surface area (Å²) in [5.41, 5.74) is 0. The smallest absolute Gasteiger partial charge is 0.191 e. The third-order valence-corrected chi connectivity index (χ3v) is 5.52. The predicted molar refractivity (Wildman–Crippen MR) is 119 cm³/mol. The van der Waals surface area contributed by atoms with E-state index in [9.17, 15) is 8.42 Å². The molecular weight excluding hydrogens is 471 g/mol. The van der Waals surface area contributed by atoms with Gasteiger partial charge in [0.15, 0.2) is 5.96 Å². The third kappa shape index (κ3) is 10.4. The summed E-state index contributed by atoms with van der Waals surface area (Å²) in [4.78, 5) is 8.13. The van der Waals surface area contributed by atoms with Crippen molar-refractivity contribution in [2.75, 3.05) is 39.2 Å². The fraction of sp³-hybridized carbons (Fsp3) is 0.688. The molecule has 0 radical (unpaired) electrons. The lowest BCUT2D eigenvalue weighted by Crippen LogP contribution is -2.43. The van der Waals surface area contributed by atoms with Crippen molar-refractivity contribution in [1.82, 2.24) is 15.5 Å². The number of likely N-dealkylation sites (N-methyl/N-ethyl adjacent to an activating group) is 1. The van der Waals surface area contributed by atoms with Crippen LogP contribution in [0.1, 0.15) is 31.2 Å². The zero-order valence-corrected chi connectivity index (χ0v) is 19.6. The number of guanidine groups is 1. The van der Waals surface area contributed by atoms with Gasteiger partial charge in [0.1, 0.15) is 9.84 Å². The minimum absolute atomic E-state index is 0. The van der Waals surface area contributed by atoms with Gasteiger partial charge in [-0.25, -0.2) is 8.42 Å². The molecule has 0 aliphatic rings. The summed E-state index contributed by atoms with van der Waals surface area (Å²) < 4.78 is 22.6. The fourth-order valence-corrected chi connectivity index (χ4v) is 3.88. The Bertz CT molecular complexity index is 604. The van der Waals surface area contributed by atoms with Crippen LogP contribution in [0.3, 0.4) is 0 Å². The fourth-order valence-electron chi connectivity index (χ4n) is 2.18. The van der Waals surface area contributed by atoms with E-state index in [-0.39, 0.29) is 41.8 Å². The molecule has 2 unspecified atom stereocenters. The number of hydrogen-bond acceptors (Lipinski definition) is 5. The van der Waals surface area contributed by atoms with Gasteiger partial charge in [-0.05, 0) is 45.8 Å². The normalized spacial score (nSPS) is 14.7. The highest BCUT2D eigenvalue weighted by Crippen LogP contribution is 2.23. The Hall–Kier alpha value is -0.390. The molecule has 1 heterocycles. The van der Waals surface area contributed by atoms with Crippen LogP contribution in [-0.4, -0.2) is 64.5 Å². The van der Waals surface area contributed by atoms with E-state index in [1.807, 2.05) is 13.8 Å². The molecule has 0 amide bonds. The van der Waals surface area contributed by atoms with Gasteiger partial charge in [0.25, 0.3) is 0 Å². The number of aliphatic imine (C=N–C) groups is 1. The van der Waals surface area contributed by atoms with Crippen molar-refractivity contribution < 1.29 is 8.42 Å². The SMILES string of the molecule is CCNC(=NCC(c1cccs1)N(C)C)NC(C)CCS(C)(=O)=O.I. The summed E-state index contributed by atoms with van der Waals surface area (Å²) in [5, 5.41) is 8.59. The molecule has 6 nitrogen and oxygen atoms in total. The second-order valence-corrected chi connectivity index (χ2v) is 9.42. The predicted octanol–water partition coefficient (Wildman–Crippen LogP) is 2.35. The van der Waals surface area contributed by atoms with Gasteiger partial charge < -0.3 is 15.5 Å². The Morgan fingerprint density at radius 1 is 1.40 bits per heavy atom. The number of sulfone groups is 1. The number of rotatable bonds is 9. The quantitative estimate of drug-likeness (QED) is 0.308. The molecule has 1 rings (SSSR count). The molecule has 0 fully saturated rings. The average Bonchev–Trinajstić information content (AvgIpc) is 2.98. The first kappa shape index (κ1) is 24.6. The molecule has 0 aliphatic heterocycles. The molecule has 146 valence electrons. The zero-order chi connectivity index (χ0) is 18.2. The summed E-state index contributed by atoms with van der Waals surface area (Å²) in [6.45, 7) is 5.39. The standard InChI is InChI=1S/C16H30N4O2S2.HI/c1-6-17-16(19-13(2)9-11-24(5,21)22)18-12-14(20(3)4)15-8-7-10-23-15;/h7-8,10,13-14H,6,9,11-12H2,1-5H3,(H2,17,18,19);1H. The van der Waals surface area contributed by atoms with E-state index in [0.29, 0.717) is 13.0 Å². The molecular formula is C16H31IN4O2S2. The maximum Gasteiger partial charge on any atom is 0.191 e. The van der Waals surface area contributed by atoms with Gasteiger partial charge in [0.05, 0.1) is 18.3 Å². The Labute approximate surface area is 173 Å². The largest absolute Gasteiger partial charge is 0.357 e. The van der Waals surface area contributed by atoms with E-state index in [4.69, 9.17) is 0 Å². The minimum atomic E-state index is -2.94. The molecule has 2 N–H and O–H groups in total. The van der Waals surface area contributed by atoms with Crippen LogP contribution >= 0.6 is 35.3 Å². The van der Waals surface area contributed by atoms with Crippen LogP contribution in [0.4, 0.5) is 0 Å². The van der Waals surface area contributed by atoms with Crippen LogP contribution in [0.2, 0.25) is 0 Å². The van der Waals surface area contributed by atoms with Gasteiger partial charge in [-0.3, -0.25) is 4.99 Å². The molecule has 0 aromatic carbocycles. The lowest BCUT2D eigenvalue weighted by molar-refractivity contribution is 0.310. The Kier molecular flexibility index (Phi) is 11.9. The van der Waals surface area contributed by atoms with Crippen LogP contribution in [0.25, 0.3) is 0 Å². The topological polar surface area (TPSA) is 73.8 Å². The number of thiophene rings is 1. The van der Waals surface area contributed by atoms with Crippen molar-refractivity contribution in [1.29, 1.82) is 0 Å². The molecule has 1 aromatic heterocycles. The number of nitrogens with zero attached hydrogens (tertiary/aromatic N) is 2. The maximum absolute atomic E-state index is 11.3. The molecule has 0 aliphatic carbocycles. The molecule has 0 saturated carbocycles. The average molecular weight is 502 g/mol. The van der Waals surface area contributed by atoms with Gasteiger partial charge in [-0.2, -0.15) is 0 Å². The Balaban J connectivity index is 0.00000576. The van der Waals surface area contributed by atoms with Crippen molar-refractivity contribution in [2.45, 2.75) is 32.4 Å². The number of nitrogens with one attached hydrogen (secondary N) is 2. The molecule has 9 heteroatoms. The first-order chi connectivity index (χ1) is 11.2. The lowest BCUT2D eigenvalue weighted by Gasteiger charge is -2.23. The summed E-state index contributed by atoms with van der Waals surface area (Å²) in [6.07, 6.45) is 1.83. The second kappa shape index (κ2) is 12.1. The number of halogens is 1. The van der Waals surface area contributed by atoms with E-state index in [0.717, 1.165) is 12.5 Å². The monoisotopic (exact) mass is 502 g/mol. The summed E-state index contributed by atoms with van der Waals surface area (Å²) in [7, 11) is 1.16. The first-order valence-corrected chi connectivity index (χ1v) is 11.1. The molecule has 25 heavy (non-hydrogen) atoms. The van der Waals surface area contributed by atoms with Crippen molar-refractivity contribution in [3.63, 3.8) is 0 Å². The van der Waals surface area contributed by atoms with Crippen molar-refractivity contribution >= 4 is 51.1 Å². The van der Waals surface area contributed by atoms with E-state index in [1.165, 1.54) is 11.1 Å². The van der Waals surface area contributed by atoms with E-state index < -0.39 is 9.84 Å². The van der Waals surface area contributed by atoms with Crippen LogP contribution in [-0.2, 0) is 9.84 Å². The summed E-state index contributed by atoms with van der Waals surface area (Å²) in [6, 6.07) is 4.44. The number of hydrogen-bond donors (Lipinski definition) is 2. The van der Waals surface area contributed by atoms with Crippen LogP contribution < -0.4 is 10.6 Å². The van der Waals surface area contributed by atoms with E-state index >= 15 is 0 Å². The van der Waals surface area contributed by atoms with E-state index in [2.05, 4.69) is 52.1 Å².